The molecule has 0 saturated carbocycles. The van der Waals surface area contributed by atoms with Gasteiger partial charge in [0.2, 0.25) is 0 Å². The van der Waals surface area contributed by atoms with Crippen molar-refractivity contribution in [1.82, 2.24) is 46.0 Å². The number of rotatable bonds is 15. The number of Topliss-reactive ketones (excluding diaryl/α,β-unsaturated/α-hetero) is 1. The maximum Gasteiger partial charge on any atom is 0.319 e. The molecule has 4 atom stereocenters. The Morgan fingerprint density at radius 2 is 1.65 bits per heavy atom. The molecule has 0 bridgehead atoms. The maximum atomic E-state index is 13.2. The van der Waals surface area contributed by atoms with Gasteiger partial charge in [-0.25, -0.2) is 18.7 Å². The minimum atomic E-state index is -0.707. The van der Waals surface area contributed by atoms with E-state index in [1.165, 1.54) is 19.1 Å². The molecule has 1 aromatic heterocycles. The smallest absolute Gasteiger partial charge is 0.319 e. The van der Waals surface area contributed by atoms with Gasteiger partial charge < -0.3 is 36.0 Å². The molecular formula is C47H57Cl2FN10O5. The summed E-state index contributed by atoms with van der Waals surface area (Å²) in [6.07, 6.45) is 2.28. The average Bonchev–Trinajstić information content (AvgIpc) is 3.73. The number of piperidine rings is 1. The van der Waals surface area contributed by atoms with E-state index in [1.54, 1.807) is 49.0 Å². The molecular weight excluding hydrogens is 874 g/mol. The Labute approximate surface area is 389 Å². The lowest BCUT2D eigenvalue weighted by Crippen LogP contribution is -2.49. The summed E-state index contributed by atoms with van der Waals surface area (Å²) >= 11 is 12.1. The second-order valence-electron chi connectivity index (χ2n) is 16.6. The van der Waals surface area contributed by atoms with Crippen LogP contribution in [0.25, 0.3) is 11.4 Å². The number of benzene rings is 4. The summed E-state index contributed by atoms with van der Waals surface area (Å²) in [5.41, 5.74) is 5.18. The van der Waals surface area contributed by atoms with E-state index in [9.17, 15) is 23.9 Å². The Morgan fingerprint density at radius 3 is 2.37 bits per heavy atom. The standard InChI is InChI=1S/C25H32FN7O2.C22H25Cl2N3O3/c1-17(27-25(35)28-22-7-3-6-20(14-22)24-29-30-31-32(24)2)23(34)16-33-12-4-5-19(15-33)13-18-8-10-21(26)11-9-18;1-15(28)18-5-2-16(3-6-18)11-25-22(29)26-12-19-14-27(8-9-30-19)13-17-4-7-20(23)21(24)10-17/h3,6-11,14,17,19,23,34H,4-5,12-13,15-16H2,1-2H3,(H2,27,28,35);2-7,10,19H,8-9,11-14H2,1H3,(H2,25,26,29)/t17-,19?,23+;19-/m10/s1. The summed E-state index contributed by atoms with van der Waals surface area (Å²) in [7, 11) is 1.75. The van der Waals surface area contributed by atoms with E-state index in [4.69, 9.17) is 27.9 Å². The predicted molar refractivity (Wildman–Crippen MR) is 249 cm³/mol. The van der Waals surface area contributed by atoms with E-state index in [0.29, 0.717) is 65.8 Å². The molecule has 0 radical (unpaired) electrons. The van der Waals surface area contributed by atoms with Crippen molar-refractivity contribution in [3.05, 3.63) is 129 Å². The number of hydrogen-bond donors (Lipinski definition) is 5. The highest BCUT2D eigenvalue weighted by Crippen LogP contribution is 2.25. The van der Waals surface area contributed by atoms with Gasteiger partial charge in [-0.15, -0.1) is 5.10 Å². The van der Waals surface area contributed by atoms with Crippen molar-refractivity contribution in [2.24, 2.45) is 13.0 Å². The van der Waals surface area contributed by atoms with Gasteiger partial charge in [0.05, 0.1) is 34.9 Å². The van der Waals surface area contributed by atoms with E-state index in [1.807, 2.05) is 48.5 Å². The average molecular weight is 932 g/mol. The fraction of sp³-hybridized carbons (Fsp3) is 0.404. The number of likely N-dealkylation sites (tertiary alicyclic amines) is 1. The monoisotopic (exact) mass is 930 g/mol. The highest BCUT2D eigenvalue weighted by molar-refractivity contribution is 6.42. The lowest BCUT2D eigenvalue weighted by molar-refractivity contribution is -0.0287. The van der Waals surface area contributed by atoms with Crippen molar-refractivity contribution in [2.45, 2.75) is 64.4 Å². The molecule has 5 N–H and O–H groups in total. The second kappa shape index (κ2) is 24.2. The number of carbonyl (C=O) groups is 3. The number of aromatic nitrogens is 4. The summed E-state index contributed by atoms with van der Waals surface area (Å²) in [5.74, 6) is 0.859. The molecule has 4 amide bonds. The van der Waals surface area contributed by atoms with Crippen molar-refractivity contribution in [3.63, 3.8) is 0 Å². The molecule has 5 aromatic rings. The number of morpholine rings is 1. The number of urea groups is 2. The van der Waals surface area contributed by atoms with Crippen LogP contribution in [0, 0.1) is 11.7 Å². The van der Waals surface area contributed by atoms with Crippen LogP contribution in [0.2, 0.25) is 10.0 Å². The number of aliphatic hydroxyl groups is 1. The Hall–Kier alpha value is -5.49. The molecule has 18 heteroatoms. The van der Waals surface area contributed by atoms with E-state index < -0.39 is 18.2 Å². The fourth-order valence-corrected chi connectivity index (χ4v) is 8.11. The van der Waals surface area contributed by atoms with Crippen molar-refractivity contribution in [1.29, 1.82) is 0 Å². The Balaban J connectivity index is 0.000000218. The predicted octanol–water partition coefficient (Wildman–Crippen LogP) is 6.74. The summed E-state index contributed by atoms with van der Waals surface area (Å²) < 4.78 is 20.5. The zero-order chi connectivity index (χ0) is 46.3. The molecule has 4 aromatic carbocycles. The quantitative estimate of drug-likeness (QED) is 0.0707. The molecule has 0 spiro atoms. The van der Waals surface area contributed by atoms with E-state index in [-0.39, 0.29) is 23.7 Å². The first kappa shape index (κ1) is 49.0. The van der Waals surface area contributed by atoms with Crippen LogP contribution in [0.15, 0.2) is 91.0 Å². The van der Waals surface area contributed by atoms with Gasteiger partial charge in [-0.2, -0.15) is 0 Å². The molecule has 15 nitrogen and oxygen atoms in total. The number of β-amino-alcohol motifs (C(OH)–C–C–N with tert-alkyl or cyclic N) is 1. The third-order valence-electron chi connectivity index (χ3n) is 11.3. The third-order valence-corrected chi connectivity index (χ3v) is 12.1. The number of hydrogen-bond acceptors (Lipinski definition) is 10. The van der Waals surface area contributed by atoms with Gasteiger partial charge in [-0.3, -0.25) is 9.69 Å². The molecule has 0 aliphatic carbocycles. The van der Waals surface area contributed by atoms with E-state index in [0.717, 1.165) is 67.7 Å². The number of aliphatic hydroxyl groups excluding tert-OH is 1. The molecule has 2 saturated heterocycles. The molecule has 346 valence electrons. The number of nitrogens with zero attached hydrogens (tertiary/aromatic N) is 6. The van der Waals surface area contributed by atoms with Gasteiger partial charge in [0.25, 0.3) is 0 Å². The SMILES string of the molecule is CC(=O)c1ccc(CNC(=O)NC[C@H]2CN(Cc3ccc(Cl)c(Cl)c3)CCO2)cc1.C[C@@H](NC(=O)Nc1cccc(-c2nnnn2C)c1)[C@@H](O)CN1CCCC(Cc2ccc(F)cc2)C1. The minimum absolute atomic E-state index is 0.0212. The van der Waals surface area contributed by atoms with Gasteiger partial charge in [0, 0.05) is 69.7 Å². The lowest BCUT2D eigenvalue weighted by atomic mass is 9.91. The summed E-state index contributed by atoms with van der Waals surface area (Å²) in [6, 6.07) is 25.7. The fourth-order valence-electron chi connectivity index (χ4n) is 7.79. The number of nitrogens with one attached hydrogen (secondary N) is 4. The number of anilines is 1. The first-order valence-electron chi connectivity index (χ1n) is 21.7. The van der Waals surface area contributed by atoms with Crippen LogP contribution < -0.4 is 21.3 Å². The van der Waals surface area contributed by atoms with Gasteiger partial charge in [0.15, 0.2) is 11.6 Å². The largest absolute Gasteiger partial charge is 0.390 e. The Bertz CT molecular complexity index is 2340. The van der Waals surface area contributed by atoms with E-state index >= 15 is 0 Å². The lowest BCUT2D eigenvalue weighted by Gasteiger charge is -2.35. The number of ether oxygens (including phenoxy) is 1. The molecule has 1 unspecified atom stereocenters. The number of amides is 4. The highest BCUT2D eigenvalue weighted by Gasteiger charge is 2.26. The van der Waals surface area contributed by atoms with Crippen molar-refractivity contribution in [2.75, 3.05) is 51.2 Å². The van der Waals surface area contributed by atoms with Gasteiger partial charge >= 0.3 is 12.1 Å². The van der Waals surface area contributed by atoms with Crippen LogP contribution in [0.3, 0.4) is 0 Å². The van der Waals surface area contributed by atoms with Gasteiger partial charge in [0.1, 0.15) is 5.82 Å². The second-order valence-corrected chi connectivity index (χ2v) is 17.4. The maximum absolute atomic E-state index is 13.2. The number of halogens is 3. The van der Waals surface area contributed by atoms with Crippen LogP contribution >= 0.6 is 23.2 Å². The molecule has 7 rings (SSSR count). The topological polar surface area (TPSA) is 179 Å². The first-order chi connectivity index (χ1) is 31.3. The molecule has 2 aliphatic rings. The zero-order valence-electron chi connectivity index (χ0n) is 36.9. The normalized spacial score (nSPS) is 17.5. The van der Waals surface area contributed by atoms with Crippen molar-refractivity contribution >= 4 is 46.7 Å². The number of tetrazole rings is 1. The molecule has 3 heterocycles. The molecule has 2 fully saturated rings. The summed E-state index contributed by atoms with van der Waals surface area (Å²) in [6.45, 7) is 9.30. The van der Waals surface area contributed by atoms with Crippen LogP contribution in [0.4, 0.5) is 19.7 Å². The van der Waals surface area contributed by atoms with Crippen molar-refractivity contribution < 1.29 is 28.6 Å². The summed E-state index contributed by atoms with van der Waals surface area (Å²) in [4.78, 5) is 40.5. The number of aryl methyl sites for hydroxylation is 1. The van der Waals surface area contributed by atoms with Crippen molar-refractivity contribution in [3.8, 4) is 11.4 Å². The van der Waals surface area contributed by atoms with Crippen LogP contribution in [-0.2, 0) is 31.3 Å². The first-order valence-corrected chi connectivity index (χ1v) is 22.5. The summed E-state index contributed by atoms with van der Waals surface area (Å²) in [5, 5.41) is 34.6. The molecule has 2 aliphatic heterocycles. The van der Waals surface area contributed by atoms with Gasteiger partial charge in [-0.1, -0.05) is 77.8 Å². The van der Waals surface area contributed by atoms with E-state index in [2.05, 4.69) is 46.6 Å². The Morgan fingerprint density at radius 1 is 0.892 bits per heavy atom. The van der Waals surface area contributed by atoms with Crippen LogP contribution in [-0.4, -0.2) is 117 Å². The van der Waals surface area contributed by atoms with Crippen LogP contribution in [0.5, 0.6) is 0 Å². The Kier molecular flexibility index (Phi) is 18.2. The number of ketones is 1. The van der Waals surface area contributed by atoms with Gasteiger partial charge in [-0.05, 0) is 109 Å². The number of carbonyl (C=O) groups excluding carboxylic acids is 3. The zero-order valence-corrected chi connectivity index (χ0v) is 38.4. The minimum Gasteiger partial charge on any atom is -0.390 e. The molecule has 65 heavy (non-hydrogen) atoms. The third kappa shape index (κ3) is 15.6. The highest BCUT2D eigenvalue weighted by atomic mass is 35.5. The van der Waals surface area contributed by atoms with Crippen LogP contribution in [0.1, 0.15) is 53.7 Å².